The largest absolute Gasteiger partial charge is 0.497 e. The molecule has 1 aliphatic carbocycles. The Morgan fingerprint density at radius 1 is 1.11 bits per heavy atom. The molecule has 0 saturated heterocycles. The van der Waals surface area contributed by atoms with Gasteiger partial charge in [-0.05, 0) is 55.7 Å². The number of ether oxygens (including phenoxy) is 1. The van der Waals surface area contributed by atoms with Gasteiger partial charge < -0.3 is 14.6 Å². The maximum absolute atomic E-state index is 13.5. The third-order valence-electron chi connectivity index (χ3n) is 6.42. The molecule has 1 fully saturated rings. The predicted molar refractivity (Wildman–Crippen MR) is 136 cm³/mol. The molecule has 5 aromatic rings. The number of hydrogen-bond acceptors (Lipinski definition) is 6. The Balaban J connectivity index is 1.32. The molecular formula is C28H25N5O3. The summed E-state index contributed by atoms with van der Waals surface area (Å²) in [5.74, 6) is 1.29. The quantitative estimate of drug-likeness (QED) is 0.327. The summed E-state index contributed by atoms with van der Waals surface area (Å²) in [5.41, 5.74) is 5.42. The topological polar surface area (TPSA) is 95.1 Å². The van der Waals surface area contributed by atoms with Gasteiger partial charge in [0, 0.05) is 29.4 Å². The molecule has 0 radical (unpaired) electrons. The minimum absolute atomic E-state index is 0.275. The minimum atomic E-state index is -0.275. The molecule has 0 bridgehead atoms. The number of nitrogens with zero attached hydrogens (tertiary/aromatic N) is 4. The average molecular weight is 480 g/mol. The first kappa shape index (κ1) is 22.0. The molecule has 1 amide bonds. The molecule has 0 atom stereocenters. The molecule has 6 rings (SSSR count). The standard InChI is InChI=1S/C28H25N5O3/c1-17-3-5-18(6-4-17)16-33-14-13-24(31-33)30-27(34)22-15-23(19-7-8-19)29-28-25(22)26(32-36-28)20-9-11-21(35-2)12-10-20/h3-6,9-15,19H,7-8,16H2,1-2H3,(H,30,31,34). The summed E-state index contributed by atoms with van der Waals surface area (Å²) in [6.07, 6.45) is 3.97. The van der Waals surface area contributed by atoms with E-state index in [0.29, 0.717) is 40.6 Å². The van der Waals surface area contributed by atoms with Gasteiger partial charge in [-0.25, -0.2) is 4.98 Å². The summed E-state index contributed by atoms with van der Waals surface area (Å²) in [6, 6.07) is 19.4. The maximum Gasteiger partial charge on any atom is 0.259 e. The number of anilines is 1. The first-order valence-electron chi connectivity index (χ1n) is 11.9. The number of carbonyl (C=O) groups is 1. The van der Waals surface area contributed by atoms with Crippen LogP contribution in [0.4, 0.5) is 5.82 Å². The fraction of sp³-hybridized carbons (Fsp3) is 0.214. The third-order valence-corrected chi connectivity index (χ3v) is 6.42. The van der Waals surface area contributed by atoms with Gasteiger partial charge in [-0.1, -0.05) is 35.0 Å². The van der Waals surface area contributed by atoms with Gasteiger partial charge in [0.25, 0.3) is 11.6 Å². The van der Waals surface area contributed by atoms with Gasteiger partial charge in [-0.15, -0.1) is 0 Å². The third kappa shape index (κ3) is 4.33. The van der Waals surface area contributed by atoms with Crippen molar-refractivity contribution in [1.82, 2.24) is 19.9 Å². The zero-order chi connectivity index (χ0) is 24.6. The van der Waals surface area contributed by atoms with Gasteiger partial charge in [0.1, 0.15) is 11.4 Å². The van der Waals surface area contributed by atoms with Crippen molar-refractivity contribution in [2.45, 2.75) is 32.2 Å². The normalized spacial score (nSPS) is 13.2. The number of aromatic nitrogens is 4. The Morgan fingerprint density at radius 2 is 1.89 bits per heavy atom. The zero-order valence-corrected chi connectivity index (χ0v) is 20.1. The van der Waals surface area contributed by atoms with E-state index in [9.17, 15) is 4.79 Å². The van der Waals surface area contributed by atoms with Crippen LogP contribution in [0.2, 0.25) is 0 Å². The number of amides is 1. The second-order valence-corrected chi connectivity index (χ2v) is 9.15. The highest BCUT2D eigenvalue weighted by atomic mass is 16.5. The minimum Gasteiger partial charge on any atom is -0.497 e. The van der Waals surface area contributed by atoms with E-state index in [1.165, 1.54) is 5.56 Å². The van der Waals surface area contributed by atoms with E-state index in [1.807, 2.05) is 36.5 Å². The van der Waals surface area contributed by atoms with Crippen LogP contribution in [0.5, 0.6) is 5.75 Å². The van der Waals surface area contributed by atoms with Crippen molar-refractivity contribution in [3.05, 3.63) is 89.2 Å². The van der Waals surface area contributed by atoms with Crippen LogP contribution in [0.15, 0.2) is 71.4 Å². The van der Waals surface area contributed by atoms with Gasteiger partial charge in [-0.3, -0.25) is 9.48 Å². The molecule has 8 nitrogen and oxygen atoms in total. The lowest BCUT2D eigenvalue weighted by atomic mass is 10.0. The number of benzene rings is 2. The van der Waals surface area contributed by atoms with Crippen LogP contribution in [0.3, 0.4) is 0 Å². The second kappa shape index (κ2) is 8.96. The molecule has 0 spiro atoms. The smallest absolute Gasteiger partial charge is 0.259 e. The van der Waals surface area contributed by atoms with Crippen LogP contribution in [-0.4, -0.2) is 32.9 Å². The van der Waals surface area contributed by atoms with E-state index in [2.05, 4.69) is 51.7 Å². The van der Waals surface area contributed by atoms with Crippen LogP contribution in [-0.2, 0) is 6.54 Å². The van der Waals surface area contributed by atoms with Crippen LogP contribution in [0.1, 0.15) is 45.9 Å². The summed E-state index contributed by atoms with van der Waals surface area (Å²) < 4.78 is 12.7. The molecule has 3 aromatic heterocycles. The SMILES string of the molecule is COc1ccc(-c2noc3nc(C4CC4)cc(C(=O)Nc4ccn(Cc5ccc(C)cc5)n4)c23)cc1. The monoisotopic (exact) mass is 479 g/mol. The van der Waals surface area contributed by atoms with Crippen LogP contribution in [0.25, 0.3) is 22.4 Å². The van der Waals surface area contributed by atoms with Crippen molar-refractivity contribution in [1.29, 1.82) is 0 Å². The van der Waals surface area contributed by atoms with Crippen LogP contribution >= 0.6 is 0 Å². The Kier molecular flexibility index (Phi) is 5.48. The highest BCUT2D eigenvalue weighted by Gasteiger charge is 2.29. The fourth-order valence-corrected chi connectivity index (χ4v) is 4.26. The Hall–Kier alpha value is -4.46. The highest BCUT2D eigenvalue weighted by Crippen LogP contribution is 2.41. The number of rotatable bonds is 7. The molecule has 1 saturated carbocycles. The van der Waals surface area contributed by atoms with Gasteiger partial charge >= 0.3 is 0 Å². The van der Waals surface area contributed by atoms with E-state index in [0.717, 1.165) is 35.4 Å². The van der Waals surface area contributed by atoms with Crippen molar-refractivity contribution < 1.29 is 14.1 Å². The van der Waals surface area contributed by atoms with Gasteiger partial charge in [-0.2, -0.15) is 5.10 Å². The lowest BCUT2D eigenvalue weighted by Gasteiger charge is -2.08. The molecule has 1 N–H and O–H groups in total. The molecule has 0 aliphatic heterocycles. The Labute approximate surface area is 207 Å². The molecular weight excluding hydrogens is 454 g/mol. The number of nitrogens with one attached hydrogen (secondary N) is 1. The highest BCUT2D eigenvalue weighted by molar-refractivity contribution is 6.14. The molecule has 36 heavy (non-hydrogen) atoms. The molecule has 1 aliphatic rings. The predicted octanol–water partition coefficient (Wildman–Crippen LogP) is 5.58. The summed E-state index contributed by atoms with van der Waals surface area (Å²) >= 11 is 0. The summed E-state index contributed by atoms with van der Waals surface area (Å²) in [5, 5.41) is 12.4. The number of aryl methyl sites for hydroxylation is 1. The number of fused-ring (bicyclic) bond motifs is 1. The van der Waals surface area contributed by atoms with Crippen molar-refractivity contribution in [2.24, 2.45) is 0 Å². The number of carbonyl (C=O) groups excluding carboxylic acids is 1. The average Bonchev–Trinajstić information content (AvgIpc) is 3.52. The lowest BCUT2D eigenvalue weighted by molar-refractivity contribution is 0.102. The Morgan fingerprint density at radius 3 is 2.61 bits per heavy atom. The molecule has 0 unspecified atom stereocenters. The Bertz CT molecular complexity index is 1550. The van der Waals surface area contributed by atoms with E-state index >= 15 is 0 Å². The first-order chi connectivity index (χ1) is 17.6. The van der Waals surface area contributed by atoms with Crippen molar-refractivity contribution in [3.8, 4) is 17.0 Å². The van der Waals surface area contributed by atoms with Crippen molar-refractivity contribution >= 4 is 22.8 Å². The zero-order valence-electron chi connectivity index (χ0n) is 20.1. The van der Waals surface area contributed by atoms with Crippen LogP contribution in [0, 0.1) is 6.92 Å². The van der Waals surface area contributed by atoms with E-state index in [4.69, 9.17) is 9.26 Å². The molecule has 180 valence electrons. The number of pyridine rings is 1. The summed E-state index contributed by atoms with van der Waals surface area (Å²) in [4.78, 5) is 18.2. The fourth-order valence-electron chi connectivity index (χ4n) is 4.26. The van der Waals surface area contributed by atoms with E-state index in [-0.39, 0.29) is 5.91 Å². The van der Waals surface area contributed by atoms with Crippen molar-refractivity contribution in [3.63, 3.8) is 0 Å². The molecule has 8 heteroatoms. The van der Waals surface area contributed by atoms with Crippen molar-refractivity contribution in [2.75, 3.05) is 12.4 Å². The van der Waals surface area contributed by atoms with E-state index in [1.54, 1.807) is 17.9 Å². The summed E-state index contributed by atoms with van der Waals surface area (Å²) in [6.45, 7) is 2.68. The van der Waals surface area contributed by atoms with Crippen LogP contribution < -0.4 is 10.1 Å². The second-order valence-electron chi connectivity index (χ2n) is 9.15. The van der Waals surface area contributed by atoms with Gasteiger partial charge in [0.2, 0.25) is 0 Å². The van der Waals surface area contributed by atoms with Gasteiger partial charge in [0.15, 0.2) is 5.82 Å². The number of hydrogen-bond donors (Lipinski definition) is 1. The van der Waals surface area contributed by atoms with E-state index < -0.39 is 0 Å². The maximum atomic E-state index is 13.5. The number of methoxy groups -OCH3 is 1. The van der Waals surface area contributed by atoms with Gasteiger partial charge in [0.05, 0.1) is 24.6 Å². The summed E-state index contributed by atoms with van der Waals surface area (Å²) in [7, 11) is 1.62. The lowest BCUT2D eigenvalue weighted by Crippen LogP contribution is -2.14. The first-order valence-corrected chi connectivity index (χ1v) is 11.9. The molecule has 2 aromatic carbocycles. The molecule has 3 heterocycles.